The van der Waals surface area contributed by atoms with Crippen LogP contribution in [0.15, 0.2) is 9.95 Å². The van der Waals surface area contributed by atoms with Crippen LogP contribution >= 0.6 is 0 Å². The standard InChI is InChI=1S/C10H14FN5O3.Os/c1-15-10(8(4-13-15)16(17)18)9-3-2-7(14-12)6(11)5-19-9;/h4,6-7,9,14H,2-3,5H2,1H3;/t6-,7-,9?;/m1./s1. The third-order valence-corrected chi connectivity index (χ3v) is 3.64. The average molecular weight is 461 g/mol. The van der Waals surface area contributed by atoms with Gasteiger partial charge in [-0.1, -0.05) is 0 Å². The Bertz CT molecular complexity index is 511. The number of hydrogen-bond acceptors (Lipinski definition) is 6. The van der Waals surface area contributed by atoms with E-state index in [-0.39, 0.29) is 12.3 Å². The first-order valence-corrected chi connectivity index (χ1v) is 7.15. The van der Waals surface area contributed by atoms with E-state index in [2.05, 4.69) is 14.3 Å². The minimum absolute atomic E-state index is 0.0963. The number of rotatable bonds is 4. The predicted octanol–water partition coefficient (Wildman–Crippen LogP) is 1.12. The SMILES string of the molecule is Cn1ncc([N+](=O)[O-])c1C1CC[C@@H](N[N]=[Os])[C@H](F)CO1. The number of nitrogens with one attached hydrogen (secondary N) is 1. The van der Waals surface area contributed by atoms with Gasteiger partial charge < -0.3 is 0 Å². The summed E-state index contributed by atoms with van der Waals surface area (Å²) in [4.78, 5) is 10.5. The van der Waals surface area contributed by atoms with E-state index in [0.29, 0.717) is 18.5 Å². The molecular weight excluding hydrogens is 447 g/mol. The number of nitrogens with zero attached hydrogens (tertiary/aromatic N) is 4. The van der Waals surface area contributed by atoms with E-state index >= 15 is 0 Å². The Morgan fingerprint density at radius 3 is 3.10 bits per heavy atom. The Labute approximate surface area is 124 Å². The van der Waals surface area contributed by atoms with Crippen molar-refractivity contribution in [3.8, 4) is 0 Å². The summed E-state index contributed by atoms with van der Waals surface area (Å²) in [7, 11) is 1.61. The third-order valence-electron chi connectivity index (χ3n) is 3.31. The molecule has 0 bridgehead atoms. The third kappa shape index (κ3) is 3.14. The fraction of sp³-hybridized carbons (Fsp3) is 0.700. The number of aromatic nitrogens is 2. The molecule has 3 atom stereocenters. The summed E-state index contributed by atoms with van der Waals surface area (Å²) >= 11 is 1.35. The second-order valence-electron chi connectivity index (χ2n) is 4.53. The molecule has 1 aliphatic rings. The van der Waals surface area contributed by atoms with Crippen LogP contribution in [0.4, 0.5) is 10.1 Å². The molecule has 0 saturated carbocycles. The molecule has 8 nitrogen and oxygen atoms in total. The van der Waals surface area contributed by atoms with E-state index in [1.54, 1.807) is 7.05 Å². The second-order valence-corrected chi connectivity index (χ2v) is 5.09. The summed E-state index contributed by atoms with van der Waals surface area (Å²) in [5, 5.41) is 14.9. The Balaban J connectivity index is 2.20. The van der Waals surface area contributed by atoms with Crippen LogP contribution in [0.2, 0.25) is 0 Å². The van der Waals surface area contributed by atoms with Crippen LogP contribution in [0, 0.1) is 10.1 Å². The van der Waals surface area contributed by atoms with Gasteiger partial charge in [-0.05, 0) is 0 Å². The molecule has 0 spiro atoms. The molecule has 2 heterocycles. The van der Waals surface area contributed by atoms with Crippen LogP contribution in [-0.4, -0.2) is 33.5 Å². The Morgan fingerprint density at radius 1 is 1.70 bits per heavy atom. The van der Waals surface area contributed by atoms with Gasteiger partial charge in [-0.15, -0.1) is 0 Å². The van der Waals surface area contributed by atoms with Crippen molar-refractivity contribution in [2.75, 3.05) is 6.61 Å². The maximum absolute atomic E-state index is 13.9. The first kappa shape index (κ1) is 15.3. The van der Waals surface area contributed by atoms with Gasteiger partial charge in [0.2, 0.25) is 0 Å². The van der Waals surface area contributed by atoms with Crippen LogP contribution in [0.3, 0.4) is 0 Å². The fourth-order valence-corrected chi connectivity index (χ4v) is 2.71. The van der Waals surface area contributed by atoms with Crippen molar-refractivity contribution < 1.29 is 32.5 Å². The number of nitro groups is 1. The van der Waals surface area contributed by atoms with Crippen LogP contribution < -0.4 is 5.43 Å². The molecule has 1 saturated heterocycles. The van der Waals surface area contributed by atoms with Gasteiger partial charge in [-0.3, -0.25) is 0 Å². The van der Waals surface area contributed by atoms with E-state index in [1.807, 2.05) is 0 Å². The molecule has 1 aliphatic heterocycles. The number of hydrogen-bond donors (Lipinski definition) is 1. The van der Waals surface area contributed by atoms with Gasteiger partial charge in [-0.2, -0.15) is 0 Å². The van der Waals surface area contributed by atoms with Gasteiger partial charge in [0.25, 0.3) is 0 Å². The first-order valence-electron chi connectivity index (χ1n) is 6.02. The second kappa shape index (κ2) is 6.57. The zero-order valence-corrected chi connectivity index (χ0v) is 13.2. The monoisotopic (exact) mass is 463 g/mol. The zero-order chi connectivity index (χ0) is 14.7. The van der Waals surface area contributed by atoms with Crippen molar-refractivity contribution in [2.24, 2.45) is 10.8 Å². The van der Waals surface area contributed by atoms with Gasteiger partial charge in [0.1, 0.15) is 0 Å². The molecule has 1 fully saturated rings. The Hall–Kier alpha value is -1.10. The normalized spacial score (nSPS) is 27.1. The van der Waals surface area contributed by atoms with Gasteiger partial charge in [0, 0.05) is 0 Å². The molecular formula is C10H14FN5O3Os. The maximum atomic E-state index is 13.9. The summed E-state index contributed by atoms with van der Waals surface area (Å²) in [6.07, 6.45) is 0.412. The van der Waals surface area contributed by atoms with E-state index in [0.717, 1.165) is 0 Å². The molecule has 1 N–H and O–H groups in total. The summed E-state index contributed by atoms with van der Waals surface area (Å²) in [5.74, 6) is 0. The predicted molar refractivity (Wildman–Crippen MR) is 62.0 cm³/mol. The van der Waals surface area contributed by atoms with Crippen molar-refractivity contribution >= 4 is 5.69 Å². The average Bonchev–Trinajstić information content (AvgIpc) is 2.70. The van der Waals surface area contributed by atoms with Gasteiger partial charge in [0.15, 0.2) is 0 Å². The van der Waals surface area contributed by atoms with E-state index < -0.39 is 23.2 Å². The van der Waals surface area contributed by atoms with Gasteiger partial charge in [0.05, 0.1) is 0 Å². The molecule has 1 aromatic heterocycles. The van der Waals surface area contributed by atoms with Crippen molar-refractivity contribution in [1.82, 2.24) is 15.2 Å². The van der Waals surface area contributed by atoms with Crippen LogP contribution in [0.25, 0.3) is 0 Å². The molecule has 0 amide bonds. The van der Waals surface area contributed by atoms with Crippen LogP contribution in [0.5, 0.6) is 0 Å². The van der Waals surface area contributed by atoms with Crippen molar-refractivity contribution in [3.63, 3.8) is 0 Å². The van der Waals surface area contributed by atoms with Crippen LogP contribution in [-0.2, 0) is 30.2 Å². The number of ether oxygens (including phenoxy) is 1. The number of aryl methyl sites for hydroxylation is 1. The first-order chi connectivity index (χ1) is 9.54. The molecule has 20 heavy (non-hydrogen) atoms. The molecule has 0 aromatic carbocycles. The number of halogens is 1. The summed E-state index contributed by atoms with van der Waals surface area (Å²) < 4.78 is 24.5. The molecule has 1 aromatic rings. The molecule has 10 heteroatoms. The molecule has 2 rings (SSSR count). The summed E-state index contributed by atoms with van der Waals surface area (Å²) in [6, 6.07) is -0.426. The van der Waals surface area contributed by atoms with Crippen molar-refractivity contribution in [2.45, 2.75) is 31.2 Å². The van der Waals surface area contributed by atoms with E-state index in [4.69, 9.17) is 4.74 Å². The molecule has 0 radical (unpaired) electrons. The Kier molecular flexibility index (Phi) is 5.02. The van der Waals surface area contributed by atoms with Gasteiger partial charge in [-0.25, -0.2) is 0 Å². The number of alkyl halides is 1. The van der Waals surface area contributed by atoms with Crippen LogP contribution in [0.1, 0.15) is 24.6 Å². The van der Waals surface area contributed by atoms with Crippen molar-refractivity contribution in [1.29, 1.82) is 0 Å². The zero-order valence-electron chi connectivity index (χ0n) is 10.7. The fourth-order valence-electron chi connectivity index (χ4n) is 2.29. The summed E-state index contributed by atoms with van der Waals surface area (Å²) in [6.45, 7) is -0.122. The molecule has 0 aliphatic carbocycles. The van der Waals surface area contributed by atoms with Gasteiger partial charge >= 0.3 is 124 Å². The minimum atomic E-state index is -1.19. The van der Waals surface area contributed by atoms with E-state index in [1.165, 1.54) is 29.3 Å². The topological polar surface area (TPSA) is 94.6 Å². The molecule has 1 unspecified atom stereocenters. The van der Waals surface area contributed by atoms with E-state index in [9.17, 15) is 14.5 Å². The summed E-state index contributed by atoms with van der Waals surface area (Å²) in [5.41, 5.74) is 3.00. The molecule has 112 valence electrons. The Morgan fingerprint density at radius 2 is 2.45 bits per heavy atom. The quantitative estimate of drug-likeness (QED) is 0.536. The van der Waals surface area contributed by atoms with Crippen molar-refractivity contribution in [3.05, 3.63) is 22.0 Å².